The van der Waals surface area contributed by atoms with Gasteiger partial charge in [0.05, 0.1) is 24.3 Å². The van der Waals surface area contributed by atoms with Gasteiger partial charge in [-0.05, 0) is 35.9 Å². The first-order valence-electron chi connectivity index (χ1n) is 10.8. The van der Waals surface area contributed by atoms with Crippen LogP contribution in [0, 0.1) is 0 Å². The molecule has 2 aromatic carbocycles. The molecule has 0 aromatic heterocycles. The molecule has 0 spiro atoms. The van der Waals surface area contributed by atoms with E-state index in [0.717, 1.165) is 24.3 Å². The molecule has 1 heterocycles. The van der Waals surface area contributed by atoms with Crippen molar-refractivity contribution in [3.8, 4) is 0 Å². The van der Waals surface area contributed by atoms with Crippen molar-refractivity contribution in [2.75, 3.05) is 45.3 Å². The zero-order valence-corrected chi connectivity index (χ0v) is 20.2. The Hall–Kier alpha value is -3.03. The Kier molecular flexibility index (Phi) is 9.26. The second kappa shape index (κ2) is 12.0. The zero-order chi connectivity index (χ0) is 27.2. The molecule has 3 rings (SSSR count). The van der Waals surface area contributed by atoms with Crippen molar-refractivity contribution in [3.63, 3.8) is 0 Å². The van der Waals surface area contributed by atoms with Crippen LogP contribution in [0.15, 0.2) is 52.3 Å². The summed E-state index contributed by atoms with van der Waals surface area (Å²) in [5, 5.41) is 2.48. The van der Waals surface area contributed by atoms with Gasteiger partial charge in [0, 0.05) is 41.8 Å². The van der Waals surface area contributed by atoms with E-state index < -0.39 is 45.8 Å². The third kappa shape index (κ3) is 7.73. The number of nitrogens with zero attached hydrogens (tertiary/aromatic N) is 1. The highest BCUT2D eigenvalue weighted by Gasteiger charge is 2.46. The van der Waals surface area contributed by atoms with Gasteiger partial charge in [0.15, 0.2) is 0 Å². The molecular weight excluding hydrogens is 526 g/mol. The molecule has 0 saturated carbocycles. The predicted molar refractivity (Wildman–Crippen MR) is 124 cm³/mol. The average molecular weight is 549 g/mol. The van der Waals surface area contributed by atoms with Gasteiger partial charge in [0.25, 0.3) is 0 Å². The number of carbonyl (C=O) groups excluding carboxylic acids is 2. The van der Waals surface area contributed by atoms with Gasteiger partial charge in [-0.15, -0.1) is 0 Å². The second-order valence-electron chi connectivity index (χ2n) is 7.78. The maximum atomic E-state index is 14.1. The molecule has 2 amide bonds. The lowest BCUT2D eigenvalue weighted by molar-refractivity contribution is -0.163. The molecule has 1 aliphatic rings. The Morgan fingerprint density at radius 1 is 1.05 bits per heavy atom. The number of hydrogen-bond acceptors (Lipinski definition) is 5. The highest BCUT2D eigenvalue weighted by atomic mass is 32.2. The van der Waals surface area contributed by atoms with Crippen molar-refractivity contribution in [3.05, 3.63) is 59.2 Å². The Bertz CT molecular complexity index is 1160. The van der Waals surface area contributed by atoms with Gasteiger partial charge in [0.1, 0.15) is 6.61 Å². The third-order valence-electron chi connectivity index (χ3n) is 5.12. The SMILES string of the molecule is COCC(=O)Nc1cccc(Sc2ccc(/C=C/C(=O)N3CCOCC3)c(C(F)(F)F)c2C(F)(F)F)c1. The van der Waals surface area contributed by atoms with E-state index in [9.17, 15) is 35.9 Å². The number of halogens is 6. The van der Waals surface area contributed by atoms with Crippen LogP contribution in [0.1, 0.15) is 16.7 Å². The maximum Gasteiger partial charge on any atom is 0.418 e. The molecule has 1 fully saturated rings. The number of carbonyl (C=O) groups is 2. The number of morpholine rings is 1. The summed E-state index contributed by atoms with van der Waals surface area (Å²) >= 11 is 0.466. The number of methoxy groups -OCH3 is 1. The van der Waals surface area contributed by atoms with Crippen LogP contribution in [0.3, 0.4) is 0 Å². The Balaban J connectivity index is 2.00. The number of ether oxygens (including phenoxy) is 2. The number of nitrogens with one attached hydrogen (secondary N) is 1. The predicted octanol–water partition coefficient (Wildman–Crippen LogP) is 5.33. The normalized spacial score (nSPS) is 14.7. The first-order chi connectivity index (χ1) is 17.4. The molecule has 0 bridgehead atoms. The number of hydrogen-bond donors (Lipinski definition) is 1. The monoisotopic (exact) mass is 548 g/mol. The highest BCUT2D eigenvalue weighted by Crippen LogP contribution is 2.48. The molecule has 2 aromatic rings. The fraction of sp³-hybridized carbons (Fsp3) is 0.333. The number of benzene rings is 2. The number of alkyl halides is 6. The van der Waals surface area contributed by atoms with Crippen LogP contribution in [-0.2, 0) is 31.4 Å². The van der Waals surface area contributed by atoms with Gasteiger partial charge in [0.2, 0.25) is 11.8 Å². The number of amides is 2. The van der Waals surface area contributed by atoms with Crippen LogP contribution in [0.25, 0.3) is 6.08 Å². The minimum Gasteiger partial charge on any atom is -0.378 e. The second-order valence-corrected chi connectivity index (χ2v) is 8.90. The fourth-order valence-corrected chi connectivity index (χ4v) is 4.60. The van der Waals surface area contributed by atoms with Crippen molar-refractivity contribution in [2.45, 2.75) is 22.1 Å². The summed E-state index contributed by atoms with van der Waals surface area (Å²) in [4.78, 5) is 24.8. The Morgan fingerprint density at radius 3 is 2.35 bits per heavy atom. The van der Waals surface area contributed by atoms with Crippen LogP contribution >= 0.6 is 11.8 Å². The van der Waals surface area contributed by atoms with Crippen LogP contribution in [0.2, 0.25) is 0 Å². The first-order valence-corrected chi connectivity index (χ1v) is 11.6. The number of rotatable bonds is 7. The smallest absolute Gasteiger partial charge is 0.378 e. The minimum atomic E-state index is -5.36. The standard InChI is InChI=1S/C24H22F6N2O4S/c1-35-14-19(33)31-16-3-2-4-17(13-16)37-18-7-5-15(6-8-20(34)32-9-11-36-12-10-32)21(23(25,26)27)22(18)24(28,29)30/h2-8,13H,9-12,14H2,1H3,(H,31,33)/b8-6+. The summed E-state index contributed by atoms with van der Waals surface area (Å²) < 4.78 is 94.0. The Labute approximate surface area is 212 Å². The lowest BCUT2D eigenvalue weighted by Gasteiger charge is -2.25. The average Bonchev–Trinajstić information content (AvgIpc) is 2.82. The maximum absolute atomic E-state index is 14.1. The minimum absolute atomic E-state index is 0.166. The zero-order valence-electron chi connectivity index (χ0n) is 19.4. The van der Waals surface area contributed by atoms with E-state index in [1.807, 2.05) is 0 Å². The van der Waals surface area contributed by atoms with Crippen LogP contribution in [0.4, 0.5) is 32.0 Å². The van der Waals surface area contributed by atoms with Crippen LogP contribution < -0.4 is 5.32 Å². The molecule has 0 unspecified atom stereocenters. The van der Waals surface area contributed by atoms with Crippen LogP contribution in [0.5, 0.6) is 0 Å². The molecule has 37 heavy (non-hydrogen) atoms. The molecule has 13 heteroatoms. The van der Waals surface area contributed by atoms with Crippen LogP contribution in [-0.4, -0.2) is 56.7 Å². The quantitative estimate of drug-likeness (QED) is 0.374. The summed E-state index contributed by atoms with van der Waals surface area (Å²) in [6, 6.07) is 7.48. The largest absolute Gasteiger partial charge is 0.418 e. The van der Waals surface area contributed by atoms with Crippen molar-refractivity contribution in [2.24, 2.45) is 0 Å². The molecule has 0 atom stereocenters. The third-order valence-corrected chi connectivity index (χ3v) is 6.17. The van der Waals surface area contributed by atoms with Gasteiger partial charge >= 0.3 is 12.4 Å². The summed E-state index contributed by atoms with van der Waals surface area (Å²) in [6.07, 6.45) is -9.14. The summed E-state index contributed by atoms with van der Waals surface area (Å²) in [5.41, 5.74) is -4.30. The van der Waals surface area contributed by atoms with Gasteiger partial charge in [-0.2, -0.15) is 26.3 Å². The summed E-state index contributed by atoms with van der Waals surface area (Å²) in [7, 11) is 1.31. The van der Waals surface area contributed by atoms with Crippen molar-refractivity contribution >= 4 is 35.3 Å². The molecule has 0 radical (unpaired) electrons. The van der Waals surface area contributed by atoms with E-state index in [0.29, 0.717) is 11.8 Å². The molecule has 1 aliphatic heterocycles. The van der Waals surface area contributed by atoms with Crippen molar-refractivity contribution in [1.82, 2.24) is 4.90 Å². The van der Waals surface area contributed by atoms with Gasteiger partial charge in [-0.1, -0.05) is 23.9 Å². The molecule has 200 valence electrons. The fourth-order valence-electron chi connectivity index (χ4n) is 3.55. The topological polar surface area (TPSA) is 67.9 Å². The van der Waals surface area contributed by atoms with E-state index in [2.05, 4.69) is 5.32 Å². The lowest BCUT2D eigenvalue weighted by Crippen LogP contribution is -2.39. The van der Waals surface area contributed by atoms with E-state index in [-0.39, 0.29) is 43.5 Å². The summed E-state index contributed by atoms with van der Waals surface area (Å²) in [6.45, 7) is 0.713. The summed E-state index contributed by atoms with van der Waals surface area (Å²) in [5.74, 6) is -1.14. The lowest BCUT2D eigenvalue weighted by atomic mass is 9.99. The molecular formula is C24H22F6N2O4S. The van der Waals surface area contributed by atoms with Crippen molar-refractivity contribution < 1.29 is 45.4 Å². The van der Waals surface area contributed by atoms with E-state index in [4.69, 9.17) is 9.47 Å². The van der Waals surface area contributed by atoms with Gasteiger partial charge in [-0.3, -0.25) is 9.59 Å². The molecule has 0 aliphatic carbocycles. The van der Waals surface area contributed by atoms with E-state index in [1.54, 1.807) is 0 Å². The molecule has 6 nitrogen and oxygen atoms in total. The van der Waals surface area contributed by atoms with Gasteiger partial charge < -0.3 is 19.7 Å². The highest BCUT2D eigenvalue weighted by molar-refractivity contribution is 7.99. The van der Waals surface area contributed by atoms with Crippen molar-refractivity contribution in [1.29, 1.82) is 0 Å². The molecule has 1 N–H and O–H groups in total. The van der Waals surface area contributed by atoms with E-state index >= 15 is 0 Å². The van der Waals surface area contributed by atoms with Gasteiger partial charge in [-0.25, -0.2) is 0 Å². The Morgan fingerprint density at radius 2 is 1.73 bits per heavy atom. The molecule has 1 saturated heterocycles. The first kappa shape index (κ1) is 28.5. The number of anilines is 1. The van der Waals surface area contributed by atoms with E-state index in [1.165, 1.54) is 36.3 Å².